The van der Waals surface area contributed by atoms with Gasteiger partial charge in [-0.25, -0.2) is 4.98 Å². The average Bonchev–Trinajstić information content (AvgIpc) is 2.84. The van der Waals surface area contributed by atoms with Crippen molar-refractivity contribution in [2.24, 2.45) is 5.73 Å². The fourth-order valence-corrected chi connectivity index (χ4v) is 2.43. The highest BCUT2D eigenvalue weighted by Gasteiger charge is 2.08. The summed E-state index contributed by atoms with van der Waals surface area (Å²) in [5.74, 6) is 0.985. The van der Waals surface area contributed by atoms with E-state index < -0.39 is 0 Å². The number of nitrogens with zero attached hydrogens (tertiary/aromatic N) is 2. The van der Waals surface area contributed by atoms with Crippen LogP contribution in [0.1, 0.15) is 23.6 Å². The van der Waals surface area contributed by atoms with E-state index in [-0.39, 0.29) is 6.04 Å². The van der Waals surface area contributed by atoms with Crippen molar-refractivity contribution in [3.8, 4) is 5.75 Å². The lowest BCUT2D eigenvalue weighted by Crippen LogP contribution is -2.18. The molecule has 2 aromatic rings. The van der Waals surface area contributed by atoms with Crippen LogP contribution in [0.5, 0.6) is 5.75 Å². The maximum atomic E-state index is 5.92. The van der Waals surface area contributed by atoms with E-state index >= 15 is 0 Å². The molecule has 2 N–H and O–H groups in total. The van der Waals surface area contributed by atoms with Crippen molar-refractivity contribution in [2.75, 3.05) is 6.61 Å². The molecule has 4 nitrogen and oxygen atoms in total. The van der Waals surface area contributed by atoms with E-state index in [9.17, 15) is 0 Å². The summed E-state index contributed by atoms with van der Waals surface area (Å²) >= 11 is 0. The van der Waals surface area contributed by atoms with Gasteiger partial charge in [0.2, 0.25) is 0 Å². The minimum atomic E-state index is 0.182. The molecule has 2 rings (SSSR count). The van der Waals surface area contributed by atoms with E-state index in [0.717, 1.165) is 18.7 Å². The zero-order valence-corrected chi connectivity index (χ0v) is 12.5. The fourth-order valence-electron chi connectivity index (χ4n) is 2.43. The van der Waals surface area contributed by atoms with Crippen LogP contribution >= 0.6 is 0 Å². The third kappa shape index (κ3) is 3.84. The lowest BCUT2D eigenvalue weighted by Gasteiger charge is -2.15. The summed E-state index contributed by atoms with van der Waals surface area (Å²) in [6.07, 6.45) is 6.42. The molecule has 0 aliphatic rings. The van der Waals surface area contributed by atoms with Gasteiger partial charge in [0.25, 0.3) is 0 Å². The molecule has 0 aliphatic heterocycles. The lowest BCUT2D eigenvalue weighted by molar-refractivity contribution is 0.294. The summed E-state index contributed by atoms with van der Waals surface area (Å²) in [5, 5.41) is 0. The molecule has 4 heteroatoms. The normalized spacial score (nSPS) is 12.4. The quantitative estimate of drug-likeness (QED) is 0.879. The van der Waals surface area contributed by atoms with Gasteiger partial charge in [0.1, 0.15) is 12.4 Å². The van der Waals surface area contributed by atoms with Crippen molar-refractivity contribution in [2.45, 2.75) is 39.8 Å². The molecule has 0 radical (unpaired) electrons. The highest BCUT2D eigenvalue weighted by atomic mass is 16.5. The van der Waals surface area contributed by atoms with E-state index in [2.05, 4.69) is 31.0 Å². The second-order valence-electron chi connectivity index (χ2n) is 5.39. The standard InChI is InChI=1S/C16H23N3O/c1-12-8-15(10-14(3)17)9-13(2)16(12)20-7-6-19-5-4-18-11-19/h4-5,8-9,11,14H,6-7,10,17H2,1-3H3. The Labute approximate surface area is 120 Å². The van der Waals surface area contributed by atoms with Crippen LogP contribution in [0.2, 0.25) is 0 Å². The molecule has 0 fully saturated rings. The van der Waals surface area contributed by atoms with E-state index in [1.54, 1.807) is 12.5 Å². The third-order valence-electron chi connectivity index (χ3n) is 3.23. The van der Waals surface area contributed by atoms with Crippen molar-refractivity contribution in [1.82, 2.24) is 9.55 Å². The SMILES string of the molecule is Cc1cc(CC(C)N)cc(C)c1OCCn1ccnc1. The van der Waals surface area contributed by atoms with E-state index in [1.807, 2.05) is 17.7 Å². The summed E-state index contributed by atoms with van der Waals surface area (Å²) in [4.78, 5) is 4.02. The van der Waals surface area contributed by atoms with Gasteiger partial charge in [-0.15, -0.1) is 0 Å². The molecule has 1 heterocycles. The predicted octanol–water partition coefficient (Wildman–Crippen LogP) is 2.47. The van der Waals surface area contributed by atoms with Crippen molar-refractivity contribution >= 4 is 0 Å². The molecule has 1 unspecified atom stereocenters. The maximum Gasteiger partial charge on any atom is 0.125 e. The van der Waals surface area contributed by atoms with Crippen LogP contribution in [-0.2, 0) is 13.0 Å². The summed E-state index contributed by atoms with van der Waals surface area (Å²) in [6, 6.07) is 4.52. The minimum Gasteiger partial charge on any atom is -0.491 e. The van der Waals surface area contributed by atoms with Gasteiger partial charge in [0, 0.05) is 18.4 Å². The van der Waals surface area contributed by atoms with Gasteiger partial charge in [-0.05, 0) is 43.9 Å². The van der Waals surface area contributed by atoms with Gasteiger partial charge in [-0.3, -0.25) is 0 Å². The van der Waals surface area contributed by atoms with Gasteiger partial charge in [-0.1, -0.05) is 12.1 Å². The summed E-state index contributed by atoms with van der Waals surface area (Å²) in [7, 11) is 0. The van der Waals surface area contributed by atoms with Crippen molar-refractivity contribution < 1.29 is 4.74 Å². The number of nitrogens with two attached hydrogens (primary N) is 1. The molecule has 0 bridgehead atoms. The van der Waals surface area contributed by atoms with E-state index in [4.69, 9.17) is 10.5 Å². The molecule has 1 atom stereocenters. The van der Waals surface area contributed by atoms with E-state index in [1.165, 1.54) is 16.7 Å². The number of imidazole rings is 1. The first kappa shape index (κ1) is 14.6. The number of aryl methyl sites for hydroxylation is 2. The topological polar surface area (TPSA) is 53.1 Å². The fraction of sp³-hybridized carbons (Fsp3) is 0.438. The first-order valence-electron chi connectivity index (χ1n) is 7.00. The van der Waals surface area contributed by atoms with Crippen LogP contribution in [0, 0.1) is 13.8 Å². The Kier molecular flexibility index (Phi) is 4.79. The molecule has 0 spiro atoms. The highest BCUT2D eigenvalue weighted by molar-refractivity contribution is 5.43. The Morgan fingerprint density at radius 3 is 2.55 bits per heavy atom. The molecule has 1 aromatic heterocycles. The lowest BCUT2D eigenvalue weighted by atomic mass is 10.0. The number of hydrogen-bond donors (Lipinski definition) is 1. The molecule has 0 amide bonds. The van der Waals surface area contributed by atoms with Gasteiger partial charge in [0.05, 0.1) is 12.9 Å². The number of benzene rings is 1. The first-order valence-corrected chi connectivity index (χ1v) is 7.00. The minimum absolute atomic E-state index is 0.182. The van der Waals surface area contributed by atoms with Gasteiger partial charge in [-0.2, -0.15) is 0 Å². The molecule has 0 saturated carbocycles. The molecular formula is C16H23N3O. The molecular weight excluding hydrogens is 250 g/mol. The van der Waals surface area contributed by atoms with E-state index in [0.29, 0.717) is 6.61 Å². The van der Waals surface area contributed by atoms with Crippen LogP contribution in [0.25, 0.3) is 0 Å². The van der Waals surface area contributed by atoms with Crippen LogP contribution < -0.4 is 10.5 Å². The van der Waals surface area contributed by atoms with Crippen LogP contribution in [0.15, 0.2) is 30.9 Å². The summed E-state index contributed by atoms with van der Waals surface area (Å²) in [6.45, 7) is 7.65. The number of hydrogen-bond acceptors (Lipinski definition) is 3. The second-order valence-corrected chi connectivity index (χ2v) is 5.39. The van der Waals surface area contributed by atoms with Gasteiger partial charge >= 0.3 is 0 Å². The van der Waals surface area contributed by atoms with Gasteiger partial charge in [0.15, 0.2) is 0 Å². The van der Waals surface area contributed by atoms with Crippen molar-refractivity contribution in [3.63, 3.8) is 0 Å². The summed E-state index contributed by atoms with van der Waals surface area (Å²) in [5.41, 5.74) is 9.48. The zero-order valence-electron chi connectivity index (χ0n) is 12.5. The molecule has 1 aromatic carbocycles. The molecule has 108 valence electrons. The average molecular weight is 273 g/mol. The first-order chi connectivity index (χ1) is 9.56. The smallest absolute Gasteiger partial charge is 0.125 e. The Morgan fingerprint density at radius 1 is 1.30 bits per heavy atom. The Morgan fingerprint density at radius 2 is 2.00 bits per heavy atom. The zero-order chi connectivity index (χ0) is 14.5. The molecule has 0 aliphatic carbocycles. The second kappa shape index (κ2) is 6.57. The monoisotopic (exact) mass is 273 g/mol. The number of aromatic nitrogens is 2. The summed E-state index contributed by atoms with van der Waals surface area (Å²) < 4.78 is 7.93. The predicted molar refractivity (Wildman–Crippen MR) is 81.0 cm³/mol. The van der Waals surface area contributed by atoms with Crippen LogP contribution in [-0.4, -0.2) is 22.2 Å². The third-order valence-corrected chi connectivity index (χ3v) is 3.23. The molecule has 0 saturated heterocycles. The van der Waals surface area contributed by atoms with Crippen molar-refractivity contribution in [3.05, 3.63) is 47.5 Å². The Balaban J connectivity index is 2.00. The molecule has 20 heavy (non-hydrogen) atoms. The Hall–Kier alpha value is -1.81. The number of ether oxygens (including phenoxy) is 1. The van der Waals surface area contributed by atoms with Crippen LogP contribution in [0.4, 0.5) is 0 Å². The highest BCUT2D eigenvalue weighted by Crippen LogP contribution is 2.25. The Bertz CT molecular complexity index is 524. The van der Waals surface area contributed by atoms with Crippen LogP contribution in [0.3, 0.4) is 0 Å². The maximum absolute atomic E-state index is 5.92. The van der Waals surface area contributed by atoms with Gasteiger partial charge < -0.3 is 15.0 Å². The number of rotatable bonds is 6. The van der Waals surface area contributed by atoms with Crippen molar-refractivity contribution in [1.29, 1.82) is 0 Å². The largest absolute Gasteiger partial charge is 0.491 e.